The smallest absolute Gasteiger partial charge is 0.335 e. The zero-order chi connectivity index (χ0) is 18.8. The van der Waals surface area contributed by atoms with Crippen LogP contribution in [0.25, 0.3) is 0 Å². The monoisotopic (exact) mass is 360 g/mol. The van der Waals surface area contributed by atoms with Crippen LogP contribution in [-0.4, -0.2) is 33.1 Å². The number of hydrogen-bond acceptors (Lipinski definition) is 5. The van der Waals surface area contributed by atoms with E-state index in [0.29, 0.717) is 12.2 Å². The van der Waals surface area contributed by atoms with Crippen LogP contribution in [0.2, 0.25) is 0 Å². The molecule has 1 aromatic carbocycles. The van der Waals surface area contributed by atoms with Crippen molar-refractivity contribution in [1.29, 1.82) is 0 Å². The van der Waals surface area contributed by atoms with Crippen LogP contribution >= 0.6 is 0 Å². The summed E-state index contributed by atoms with van der Waals surface area (Å²) in [5.41, 5.74) is 0.124. The Morgan fingerprint density at radius 3 is 2.17 bits per heavy atom. The zero-order valence-electron chi connectivity index (χ0n) is 14.8. The van der Waals surface area contributed by atoms with Crippen molar-refractivity contribution in [2.45, 2.75) is 51.3 Å². The lowest BCUT2D eigenvalue weighted by Crippen LogP contribution is -2.16. The lowest BCUT2D eigenvalue weighted by Gasteiger charge is -2.15. The molecule has 0 spiro atoms. The second-order valence-corrected chi connectivity index (χ2v) is 6.72. The highest BCUT2D eigenvalue weighted by Gasteiger charge is 2.22. The van der Waals surface area contributed by atoms with Gasteiger partial charge in [-0.1, -0.05) is 40.0 Å². The molecule has 0 saturated carbocycles. The van der Waals surface area contributed by atoms with Crippen LogP contribution in [0, 0.1) is 0 Å². The van der Waals surface area contributed by atoms with E-state index in [1.54, 1.807) is 0 Å². The molecule has 0 heterocycles. The molecule has 8 heteroatoms. The normalized spacial score (nSPS) is 10.5. The predicted molar refractivity (Wildman–Crippen MR) is 95.3 cm³/mol. The number of ether oxygens (including phenoxy) is 1. The number of nitrogens with two attached hydrogens (primary N) is 1. The van der Waals surface area contributed by atoms with Crippen LogP contribution in [0.4, 0.5) is 5.69 Å². The second-order valence-electron chi connectivity index (χ2n) is 5.19. The van der Waals surface area contributed by atoms with E-state index in [9.17, 15) is 13.2 Å². The maximum Gasteiger partial charge on any atom is 0.335 e. The Morgan fingerprint density at radius 2 is 1.79 bits per heavy atom. The van der Waals surface area contributed by atoms with Crippen LogP contribution in [0.3, 0.4) is 0 Å². The van der Waals surface area contributed by atoms with E-state index in [4.69, 9.17) is 15.0 Å². The van der Waals surface area contributed by atoms with E-state index in [1.807, 2.05) is 6.92 Å². The van der Waals surface area contributed by atoms with Crippen LogP contribution in [0.1, 0.15) is 56.8 Å². The Labute approximate surface area is 144 Å². The molecular formula is C16H28N2O5S. The Hall–Kier alpha value is -1.80. The molecule has 7 nitrogen and oxygen atoms in total. The van der Waals surface area contributed by atoms with Crippen molar-refractivity contribution < 1.29 is 23.1 Å². The van der Waals surface area contributed by atoms with Gasteiger partial charge in [0, 0.05) is 6.54 Å². The third-order valence-electron chi connectivity index (χ3n) is 3.16. The highest BCUT2D eigenvalue weighted by Crippen LogP contribution is 2.33. The molecule has 0 fully saturated rings. The molecule has 0 aliphatic rings. The van der Waals surface area contributed by atoms with Crippen LogP contribution in [0.5, 0.6) is 5.75 Å². The molecule has 0 aromatic heterocycles. The first-order valence-corrected chi connectivity index (χ1v) is 9.49. The van der Waals surface area contributed by atoms with E-state index in [1.165, 1.54) is 26.0 Å². The van der Waals surface area contributed by atoms with Crippen molar-refractivity contribution in [3.8, 4) is 5.75 Å². The van der Waals surface area contributed by atoms with E-state index in [0.717, 1.165) is 18.9 Å². The predicted octanol–water partition coefficient (Wildman–Crippen LogP) is 3.06. The van der Waals surface area contributed by atoms with E-state index in [-0.39, 0.29) is 16.2 Å². The molecule has 0 saturated heterocycles. The number of methoxy groups -OCH3 is 1. The van der Waals surface area contributed by atoms with Gasteiger partial charge < -0.3 is 15.2 Å². The minimum Gasteiger partial charge on any atom is -0.493 e. The number of primary sulfonamides is 1. The first-order chi connectivity index (χ1) is 11.2. The van der Waals surface area contributed by atoms with E-state index >= 15 is 0 Å². The second kappa shape index (κ2) is 10.9. The highest BCUT2D eigenvalue weighted by atomic mass is 32.2. The van der Waals surface area contributed by atoms with Gasteiger partial charge in [0.1, 0.15) is 4.90 Å². The van der Waals surface area contributed by atoms with Crippen molar-refractivity contribution in [1.82, 2.24) is 0 Å². The average Bonchev–Trinajstić information content (AvgIpc) is 2.53. The SMILES string of the molecule is CCCC.CCCCNc1cc(C(=O)O)cc(S(N)(=O)=O)c1OC. The minimum atomic E-state index is -4.08. The summed E-state index contributed by atoms with van der Waals surface area (Å²) in [4.78, 5) is 10.7. The maximum atomic E-state index is 11.5. The van der Waals surface area contributed by atoms with Gasteiger partial charge in [0.05, 0.1) is 18.4 Å². The number of hydrogen-bond donors (Lipinski definition) is 3. The van der Waals surface area contributed by atoms with Gasteiger partial charge in [0.25, 0.3) is 0 Å². The largest absolute Gasteiger partial charge is 0.493 e. The van der Waals surface area contributed by atoms with Crippen molar-refractivity contribution >= 4 is 21.7 Å². The molecule has 4 N–H and O–H groups in total. The van der Waals surface area contributed by atoms with E-state index in [2.05, 4.69) is 19.2 Å². The van der Waals surface area contributed by atoms with Crippen LogP contribution < -0.4 is 15.2 Å². The Bertz CT molecular complexity index is 628. The fourth-order valence-electron chi connectivity index (χ4n) is 1.68. The molecule has 0 radical (unpaired) electrons. The topological polar surface area (TPSA) is 119 Å². The lowest BCUT2D eigenvalue weighted by atomic mass is 10.1. The number of carboxylic acid groups (broad SMARTS) is 1. The zero-order valence-corrected chi connectivity index (χ0v) is 15.6. The number of carboxylic acids is 1. The molecule has 1 aromatic rings. The number of aromatic carboxylic acids is 1. The molecule has 0 unspecified atom stereocenters. The number of carbonyl (C=O) groups is 1. The summed E-state index contributed by atoms with van der Waals surface area (Å²) < 4.78 is 28.1. The number of nitrogens with one attached hydrogen (secondary N) is 1. The maximum absolute atomic E-state index is 11.5. The summed E-state index contributed by atoms with van der Waals surface area (Å²) >= 11 is 0. The van der Waals surface area contributed by atoms with Gasteiger partial charge in [-0.05, 0) is 18.6 Å². The van der Waals surface area contributed by atoms with Gasteiger partial charge in [-0.3, -0.25) is 0 Å². The Morgan fingerprint density at radius 1 is 1.21 bits per heavy atom. The first-order valence-electron chi connectivity index (χ1n) is 7.94. The first kappa shape index (κ1) is 22.2. The van der Waals surface area contributed by atoms with Crippen molar-refractivity contribution in [3.63, 3.8) is 0 Å². The number of anilines is 1. The van der Waals surface area contributed by atoms with E-state index < -0.39 is 16.0 Å². The molecule has 0 aliphatic heterocycles. The Kier molecular flexibility index (Phi) is 10.1. The van der Waals surface area contributed by atoms with Crippen molar-refractivity contribution in [2.75, 3.05) is 19.0 Å². The lowest BCUT2D eigenvalue weighted by molar-refractivity contribution is 0.0696. The quantitative estimate of drug-likeness (QED) is 0.613. The van der Waals surface area contributed by atoms with Crippen LogP contribution in [0.15, 0.2) is 17.0 Å². The molecule has 1 rings (SSSR count). The Balaban J connectivity index is 0.00000118. The van der Waals surface area contributed by atoms with Crippen LogP contribution in [-0.2, 0) is 10.0 Å². The van der Waals surface area contributed by atoms with Gasteiger partial charge in [-0.15, -0.1) is 0 Å². The average molecular weight is 360 g/mol. The summed E-state index contributed by atoms with van der Waals surface area (Å²) in [5, 5.41) is 17.1. The van der Waals surface area contributed by atoms with Crippen molar-refractivity contribution in [3.05, 3.63) is 17.7 Å². The minimum absolute atomic E-state index is 0.0219. The fraction of sp³-hybridized carbons (Fsp3) is 0.562. The van der Waals surface area contributed by atoms with Gasteiger partial charge in [0.2, 0.25) is 10.0 Å². The molecule has 138 valence electrons. The molecule has 0 aliphatic carbocycles. The number of sulfonamides is 1. The standard InChI is InChI=1S/C12H18N2O5S.C4H10/c1-3-4-5-14-9-6-8(12(15)16)7-10(11(9)19-2)20(13,17)18;1-3-4-2/h6-7,14H,3-5H2,1-2H3,(H,15,16)(H2,13,17,18);3-4H2,1-2H3. The summed E-state index contributed by atoms with van der Waals surface area (Å²) in [5.74, 6) is -1.22. The summed E-state index contributed by atoms with van der Waals surface area (Å²) in [7, 11) is -2.78. The number of rotatable bonds is 8. The van der Waals surface area contributed by atoms with Gasteiger partial charge in [0.15, 0.2) is 5.75 Å². The van der Waals surface area contributed by atoms with Crippen molar-refractivity contribution in [2.24, 2.45) is 5.14 Å². The number of benzene rings is 1. The summed E-state index contributed by atoms with van der Waals surface area (Å²) in [6.07, 6.45) is 4.43. The van der Waals surface area contributed by atoms with Gasteiger partial charge >= 0.3 is 5.97 Å². The highest BCUT2D eigenvalue weighted by molar-refractivity contribution is 7.89. The molecule has 0 atom stereocenters. The third-order valence-corrected chi connectivity index (χ3v) is 4.07. The molecular weight excluding hydrogens is 332 g/mol. The number of unbranched alkanes of at least 4 members (excludes halogenated alkanes) is 2. The third kappa shape index (κ3) is 7.18. The molecule has 24 heavy (non-hydrogen) atoms. The summed E-state index contributed by atoms with van der Waals surface area (Å²) in [6.45, 7) is 6.93. The molecule has 0 bridgehead atoms. The fourth-order valence-corrected chi connectivity index (χ4v) is 2.42. The molecule has 0 amide bonds. The summed E-state index contributed by atoms with van der Waals surface area (Å²) in [6, 6.07) is 2.31. The van der Waals surface area contributed by atoms with Gasteiger partial charge in [-0.25, -0.2) is 18.4 Å². The van der Waals surface area contributed by atoms with Gasteiger partial charge in [-0.2, -0.15) is 0 Å².